The summed E-state index contributed by atoms with van der Waals surface area (Å²) >= 11 is 0. The van der Waals surface area contributed by atoms with Gasteiger partial charge in [-0.1, -0.05) is 24.3 Å². The van der Waals surface area contributed by atoms with E-state index in [1.165, 1.54) is 0 Å². The van der Waals surface area contributed by atoms with Gasteiger partial charge in [0.25, 0.3) is 0 Å². The number of para-hydroxylation sites is 2. The molecule has 0 atom stereocenters. The van der Waals surface area contributed by atoms with Crippen LogP contribution in [0, 0.1) is 0 Å². The summed E-state index contributed by atoms with van der Waals surface area (Å²) in [5.74, 6) is -0.280. The van der Waals surface area contributed by atoms with Crippen LogP contribution in [0.25, 0.3) is 11.0 Å². The van der Waals surface area contributed by atoms with Crippen LogP contribution >= 0.6 is 0 Å². The van der Waals surface area contributed by atoms with Crippen molar-refractivity contribution in [3.63, 3.8) is 0 Å². The Balaban J connectivity index is 1.80. The molecule has 2 aromatic carbocycles. The molecule has 21 heavy (non-hydrogen) atoms. The summed E-state index contributed by atoms with van der Waals surface area (Å²) in [6, 6.07) is 15.5. The minimum atomic E-state index is -0.280. The zero-order valence-corrected chi connectivity index (χ0v) is 11.8. The zero-order chi connectivity index (χ0) is 14.7. The van der Waals surface area contributed by atoms with Gasteiger partial charge in [-0.3, -0.25) is 0 Å². The maximum atomic E-state index is 11.6. The number of carbonyl (C=O) groups is 1. The molecule has 0 spiro atoms. The van der Waals surface area contributed by atoms with Crippen LogP contribution in [-0.2, 0) is 11.3 Å². The number of nitrogens with zero attached hydrogens (tertiary/aromatic N) is 2. The molecule has 3 rings (SSSR count). The first-order valence-electron chi connectivity index (χ1n) is 6.94. The van der Waals surface area contributed by atoms with E-state index in [-0.39, 0.29) is 5.97 Å². The first-order chi connectivity index (χ1) is 10.3. The molecule has 0 amide bonds. The van der Waals surface area contributed by atoms with E-state index in [1.54, 1.807) is 19.1 Å². The number of imidazole rings is 1. The van der Waals surface area contributed by atoms with Crippen LogP contribution in [0.3, 0.4) is 0 Å². The predicted molar refractivity (Wildman–Crippen MR) is 81.2 cm³/mol. The highest BCUT2D eigenvalue weighted by Gasteiger charge is 2.06. The minimum absolute atomic E-state index is 0.280. The van der Waals surface area contributed by atoms with E-state index in [9.17, 15) is 4.79 Å². The van der Waals surface area contributed by atoms with Crippen LogP contribution in [0.15, 0.2) is 54.9 Å². The van der Waals surface area contributed by atoms with Gasteiger partial charge in [0.2, 0.25) is 0 Å². The summed E-state index contributed by atoms with van der Waals surface area (Å²) in [6.45, 7) is 2.92. The predicted octanol–water partition coefficient (Wildman–Crippen LogP) is 3.26. The molecule has 0 bridgehead atoms. The van der Waals surface area contributed by atoms with Gasteiger partial charge in [0.1, 0.15) is 0 Å². The molecule has 0 aliphatic heterocycles. The molecule has 1 heterocycles. The van der Waals surface area contributed by atoms with Gasteiger partial charge < -0.3 is 9.30 Å². The van der Waals surface area contributed by atoms with Crippen LogP contribution in [0.4, 0.5) is 0 Å². The number of aromatic nitrogens is 2. The lowest BCUT2D eigenvalue weighted by Gasteiger charge is -2.06. The number of rotatable bonds is 4. The molecule has 4 nitrogen and oxygen atoms in total. The summed E-state index contributed by atoms with van der Waals surface area (Å²) in [6.07, 6.45) is 1.84. The van der Waals surface area contributed by atoms with E-state index in [0.29, 0.717) is 12.2 Å². The summed E-state index contributed by atoms with van der Waals surface area (Å²) < 4.78 is 7.07. The van der Waals surface area contributed by atoms with Crippen molar-refractivity contribution in [1.82, 2.24) is 9.55 Å². The lowest BCUT2D eigenvalue weighted by molar-refractivity contribution is 0.0526. The molecule has 0 unspecified atom stereocenters. The van der Waals surface area contributed by atoms with Crippen molar-refractivity contribution < 1.29 is 9.53 Å². The fourth-order valence-electron chi connectivity index (χ4n) is 2.29. The lowest BCUT2D eigenvalue weighted by atomic mass is 10.1. The van der Waals surface area contributed by atoms with Crippen molar-refractivity contribution in [2.24, 2.45) is 0 Å². The largest absolute Gasteiger partial charge is 0.462 e. The van der Waals surface area contributed by atoms with Crippen molar-refractivity contribution in [3.8, 4) is 0 Å². The van der Waals surface area contributed by atoms with Gasteiger partial charge in [-0.25, -0.2) is 9.78 Å². The van der Waals surface area contributed by atoms with E-state index < -0.39 is 0 Å². The van der Waals surface area contributed by atoms with Gasteiger partial charge in [0.15, 0.2) is 0 Å². The topological polar surface area (TPSA) is 44.1 Å². The Morgan fingerprint density at radius 3 is 2.67 bits per heavy atom. The molecule has 1 aromatic heterocycles. The molecule has 0 N–H and O–H groups in total. The van der Waals surface area contributed by atoms with E-state index in [0.717, 1.165) is 23.1 Å². The standard InChI is InChI=1S/C17H16N2O2/c1-2-21-17(20)14-9-7-13(8-10-14)11-19-12-18-15-5-3-4-6-16(15)19/h3-10,12H,2,11H2,1H3. The lowest BCUT2D eigenvalue weighted by Crippen LogP contribution is -2.05. The van der Waals surface area contributed by atoms with Crippen LogP contribution in [0.2, 0.25) is 0 Å². The quantitative estimate of drug-likeness (QED) is 0.689. The summed E-state index contributed by atoms with van der Waals surface area (Å²) in [4.78, 5) is 16.0. The van der Waals surface area contributed by atoms with Crippen LogP contribution in [0.1, 0.15) is 22.8 Å². The van der Waals surface area contributed by atoms with E-state index in [1.807, 2.05) is 36.7 Å². The van der Waals surface area contributed by atoms with Crippen molar-refractivity contribution in [2.45, 2.75) is 13.5 Å². The molecule has 0 saturated carbocycles. The Morgan fingerprint density at radius 2 is 1.90 bits per heavy atom. The fourth-order valence-corrected chi connectivity index (χ4v) is 2.29. The number of ether oxygens (including phenoxy) is 1. The van der Waals surface area contributed by atoms with Gasteiger partial charge in [-0.2, -0.15) is 0 Å². The Hall–Kier alpha value is -2.62. The number of esters is 1. The monoisotopic (exact) mass is 280 g/mol. The normalized spacial score (nSPS) is 10.7. The second-order valence-corrected chi connectivity index (χ2v) is 4.78. The van der Waals surface area contributed by atoms with Gasteiger partial charge in [-0.15, -0.1) is 0 Å². The molecule has 106 valence electrons. The van der Waals surface area contributed by atoms with Crippen LogP contribution in [0.5, 0.6) is 0 Å². The van der Waals surface area contributed by atoms with E-state index >= 15 is 0 Å². The Bertz CT molecular complexity index is 760. The van der Waals surface area contributed by atoms with Crippen LogP contribution < -0.4 is 0 Å². The maximum absolute atomic E-state index is 11.6. The van der Waals surface area contributed by atoms with Gasteiger partial charge >= 0.3 is 5.97 Å². The third-order valence-corrected chi connectivity index (χ3v) is 3.35. The number of fused-ring (bicyclic) bond motifs is 1. The highest BCUT2D eigenvalue weighted by molar-refractivity contribution is 5.89. The maximum Gasteiger partial charge on any atom is 0.338 e. The highest BCUT2D eigenvalue weighted by atomic mass is 16.5. The Labute approximate surface area is 123 Å². The van der Waals surface area contributed by atoms with Crippen molar-refractivity contribution in [1.29, 1.82) is 0 Å². The summed E-state index contributed by atoms with van der Waals surface area (Å²) in [5.41, 5.74) is 3.79. The van der Waals surface area contributed by atoms with Gasteiger partial charge in [-0.05, 0) is 36.8 Å². The van der Waals surface area contributed by atoms with Crippen molar-refractivity contribution in [3.05, 3.63) is 66.0 Å². The molecule has 0 saturated heterocycles. The van der Waals surface area contributed by atoms with Crippen LogP contribution in [-0.4, -0.2) is 22.1 Å². The minimum Gasteiger partial charge on any atom is -0.462 e. The first-order valence-corrected chi connectivity index (χ1v) is 6.94. The molecule has 0 aliphatic rings. The van der Waals surface area contributed by atoms with Crippen molar-refractivity contribution in [2.75, 3.05) is 6.61 Å². The molecule has 0 fully saturated rings. The molecule has 0 aliphatic carbocycles. The zero-order valence-electron chi connectivity index (χ0n) is 11.8. The third kappa shape index (κ3) is 2.79. The molecule has 0 radical (unpaired) electrons. The molecular formula is C17H16N2O2. The number of hydrogen-bond donors (Lipinski definition) is 0. The molecule has 4 heteroatoms. The number of hydrogen-bond acceptors (Lipinski definition) is 3. The van der Waals surface area contributed by atoms with E-state index in [4.69, 9.17) is 4.74 Å². The second-order valence-electron chi connectivity index (χ2n) is 4.78. The summed E-state index contributed by atoms with van der Waals surface area (Å²) in [5, 5.41) is 0. The molecular weight excluding hydrogens is 264 g/mol. The first kappa shape index (κ1) is 13.4. The highest BCUT2D eigenvalue weighted by Crippen LogP contribution is 2.14. The molecule has 3 aromatic rings. The van der Waals surface area contributed by atoms with Gasteiger partial charge in [0.05, 0.1) is 29.5 Å². The fraction of sp³-hybridized carbons (Fsp3) is 0.176. The van der Waals surface area contributed by atoms with Crippen molar-refractivity contribution >= 4 is 17.0 Å². The van der Waals surface area contributed by atoms with E-state index in [2.05, 4.69) is 15.6 Å². The Kier molecular flexibility index (Phi) is 3.69. The average Bonchev–Trinajstić information content (AvgIpc) is 2.92. The Morgan fingerprint density at radius 1 is 1.14 bits per heavy atom. The van der Waals surface area contributed by atoms with Gasteiger partial charge in [0, 0.05) is 6.54 Å². The third-order valence-electron chi connectivity index (χ3n) is 3.35. The summed E-state index contributed by atoms with van der Waals surface area (Å²) in [7, 11) is 0. The average molecular weight is 280 g/mol. The smallest absolute Gasteiger partial charge is 0.338 e. The second kappa shape index (κ2) is 5.79. The number of benzene rings is 2. The SMILES string of the molecule is CCOC(=O)c1ccc(Cn2cnc3ccccc32)cc1. The number of carbonyl (C=O) groups excluding carboxylic acids is 1.